The molecule has 0 radical (unpaired) electrons. The number of aliphatic hydroxyl groups is 8. The Balaban J connectivity index is 0. The van der Waals surface area contributed by atoms with Gasteiger partial charge in [0.25, 0.3) is 0 Å². The van der Waals surface area contributed by atoms with Crippen LogP contribution in [0.5, 0.6) is 0 Å². The monoisotopic (exact) mass is 682 g/mol. The molecule has 0 aromatic rings. The Labute approximate surface area is 299 Å². The maximum atomic E-state index is 10.6. The predicted molar refractivity (Wildman–Crippen MR) is 146 cm³/mol. The first-order chi connectivity index (χ1) is 20.0. The van der Waals surface area contributed by atoms with Crippen LogP contribution in [0.1, 0.15) is 0 Å². The first-order valence-corrected chi connectivity index (χ1v) is 12.6. The second kappa shape index (κ2) is 22.8. The molecule has 21 nitrogen and oxygen atoms in total. The van der Waals surface area contributed by atoms with Crippen LogP contribution in [-0.4, -0.2) is 268 Å². The first-order valence-electron chi connectivity index (χ1n) is 12.6. The summed E-state index contributed by atoms with van der Waals surface area (Å²) in [6.45, 7) is -3.58. The van der Waals surface area contributed by atoms with E-state index in [1.165, 1.54) is 0 Å². The summed E-state index contributed by atoms with van der Waals surface area (Å²) >= 11 is 0. The Hall–Kier alpha value is -0.640. The molecule has 23 heteroatoms. The molecule has 12 N–H and O–H groups in total. The van der Waals surface area contributed by atoms with Gasteiger partial charge in [0, 0.05) is 13.1 Å². The van der Waals surface area contributed by atoms with Crippen LogP contribution in [0.15, 0.2) is 0 Å². The maximum absolute atomic E-state index is 10.6. The zero-order valence-corrected chi connectivity index (χ0v) is 22.5. The Bertz CT molecular complexity index is 816. The number of hydrogen-bond acceptors (Lipinski definition) is 17. The van der Waals surface area contributed by atoms with E-state index < -0.39 is 125 Å². The van der Waals surface area contributed by atoms with Gasteiger partial charge >= 0.3 is 83.0 Å². The third kappa shape index (κ3) is 15.9. The van der Waals surface area contributed by atoms with Crippen LogP contribution in [0.2, 0.25) is 0 Å². The summed E-state index contributed by atoms with van der Waals surface area (Å²) in [6, 6.07) is 0. The second-order valence-corrected chi connectivity index (χ2v) is 9.53. The van der Waals surface area contributed by atoms with Crippen molar-refractivity contribution in [3.8, 4) is 0 Å². The minimum absolute atomic E-state index is 0. The van der Waals surface area contributed by atoms with E-state index >= 15 is 0 Å². The molecule has 0 spiro atoms. The molecule has 0 bridgehead atoms. The molecule has 0 aromatic heterocycles. The van der Waals surface area contributed by atoms with Crippen molar-refractivity contribution in [3.05, 3.63) is 0 Å². The zero-order valence-electron chi connectivity index (χ0n) is 22.5. The van der Waals surface area contributed by atoms with Gasteiger partial charge < -0.3 is 75.5 Å². The molecule has 0 saturated carbocycles. The summed E-state index contributed by atoms with van der Waals surface area (Å²) in [5.74, 6) is -4.91. The Morgan fingerprint density at radius 3 is 1.00 bits per heavy atom. The number of rotatable bonds is 15. The molecule has 45 heavy (non-hydrogen) atoms. The van der Waals surface area contributed by atoms with E-state index in [9.17, 15) is 49.8 Å². The van der Waals surface area contributed by atoms with Crippen molar-refractivity contribution in [2.75, 3.05) is 52.5 Å². The number of carbonyl (C=O) groups is 4. The molecule has 10 atom stereocenters. The fourth-order valence-electron chi connectivity index (χ4n) is 3.97. The van der Waals surface area contributed by atoms with Crippen LogP contribution >= 0.6 is 0 Å². The molecule has 2 fully saturated rings. The predicted octanol–water partition coefficient (Wildman–Crippen LogP) is -8.77. The molecular weight excluding hydrogens is 642 g/mol. The van der Waals surface area contributed by atoms with E-state index in [4.69, 9.17) is 44.8 Å². The first kappa shape index (κ1) is 46.5. The van der Waals surface area contributed by atoms with Gasteiger partial charge in [-0.15, -0.1) is 0 Å². The van der Waals surface area contributed by atoms with E-state index in [-0.39, 0.29) is 72.2 Å². The molecule has 2 aliphatic heterocycles. The van der Waals surface area contributed by atoms with Crippen molar-refractivity contribution >= 4 is 83.0 Å². The van der Waals surface area contributed by atoms with Crippen molar-refractivity contribution in [1.82, 2.24) is 9.80 Å². The topological polar surface area (TPSA) is 345 Å². The van der Waals surface area contributed by atoms with Gasteiger partial charge in [0.15, 0.2) is 12.6 Å². The molecule has 2 saturated heterocycles. The zero-order chi connectivity index (χ0) is 33.0. The van der Waals surface area contributed by atoms with Crippen LogP contribution < -0.4 is 0 Å². The molecule has 2 heterocycles. The summed E-state index contributed by atoms with van der Waals surface area (Å²) in [7, 11) is 0. The molecule has 2 aliphatic rings. The SMILES string of the molecule is O=C(O)CN(CCN(CC(=O)O)CC(=O)O)CC(=O)O.OC[C@H]1O[C@H](O[C@H]2O[C@H](CO)[C@@H](O)[C@H](O)[C@H]2O)[C@H](O)[C@@H](O)[C@@H]1O.[NaH].[NaH]. The van der Waals surface area contributed by atoms with E-state index in [1.807, 2.05) is 0 Å². The quantitative estimate of drug-likeness (QED) is 0.0713. The van der Waals surface area contributed by atoms with Gasteiger partial charge in [0.2, 0.25) is 0 Å². The van der Waals surface area contributed by atoms with E-state index in [0.717, 1.165) is 9.80 Å². The Morgan fingerprint density at radius 2 is 0.778 bits per heavy atom. The van der Waals surface area contributed by atoms with Gasteiger partial charge in [-0.3, -0.25) is 29.0 Å². The number of ether oxygens (including phenoxy) is 3. The van der Waals surface area contributed by atoms with Crippen molar-refractivity contribution in [3.63, 3.8) is 0 Å². The van der Waals surface area contributed by atoms with Gasteiger partial charge in [0.05, 0.1) is 39.4 Å². The van der Waals surface area contributed by atoms with Gasteiger partial charge in [-0.05, 0) is 0 Å². The molecule has 0 aromatic carbocycles. The molecule has 0 aliphatic carbocycles. The minimum atomic E-state index is -1.72. The van der Waals surface area contributed by atoms with Gasteiger partial charge in [0.1, 0.15) is 48.8 Å². The molecule has 2 rings (SSSR count). The number of carboxylic acids is 4. The summed E-state index contributed by atoms with van der Waals surface area (Å²) < 4.78 is 15.3. The standard InChI is InChI=1S/C12H22O11.C10H16N2O8.2Na.2H/c13-1-3-5(15)7(17)9(19)11(21-3)23-12-10(20)8(18)6(16)4(2-14)22-12;13-7(14)3-11(4-8(15)16)1-2-12(5-9(17)18)6-10(19)20;;;;/h3-20H,1-2H2;1-6H2,(H,13,14)(H,15,16)(H,17,18)(H,19,20);;;;/t3-,4-,5-,6-,7+,8+,9-,10-,11-,12-;;;;;/m1...../s1. The molecule has 0 unspecified atom stereocenters. The molecule has 0 amide bonds. The third-order valence-corrected chi connectivity index (χ3v) is 6.13. The number of carboxylic acid groups (broad SMARTS) is 4. The summed E-state index contributed by atoms with van der Waals surface area (Å²) in [6.07, 6.45) is -15.6. The van der Waals surface area contributed by atoms with Crippen LogP contribution in [0.4, 0.5) is 0 Å². The number of aliphatic carboxylic acids is 4. The van der Waals surface area contributed by atoms with E-state index in [1.54, 1.807) is 0 Å². The van der Waals surface area contributed by atoms with Crippen molar-refractivity contribution < 1.29 is 94.7 Å². The van der Waals surface area contributed by atoms with Crippen LogP contribution in [0.3, 0.4) is 0 Å². The van der Waals surface area contributed by atoms with Crippen LogP contribution in [-0.2, 0) is 33.4 Å². The van der Waals surface area contributed by atoms with Gasteiger partial charge in [-0.25, -0.2) is 0 Å². The fraction of sp³-hybridized carbons (Fsp3) is 0.818. The van der Waals surface area contributed by atoms with E-state index in [0.29, 0.717) is 0 Å². The average Bonchev–Trinajstić information content (AvgIpc) is 2.91. The Kier molecular flexibility index (Phi) is 23.6. The summed E-state index contributed by atoms with van der Waals surface area (Å²) in [4.78, 5) is 44.4. The Morgan fingerprint density at radius 1 is 0.511 bits per heavy atom. The van der Waals surface area contributed by atoms with Crippen molar-refractivity contribution in [1.29, 1.82) is 0 Å². The van der Waals surface area contributed by atoms with Crippen LogP contribution in [0, 0.1) is 0 Å². The average molecular weight is 683 g/mol. The molecule has 254 valence electrons. The van der Waals surface area contributed by atoms with Crippen molar-refractivity contribution in [2.45, 2.75) is 61.4 Å². The van der Waals surface area contributed by atoms with Crippen LogP contribution in [0.25, 0.3) is 0 Å². The van der Waals surface area contributed by atoms with Gasteiger partial charge in [-0.2, -0.15) is 0 Å². The third-order valence-electron chi connectivity index (χ3n) is 6.13. The summed E-state index contributed by atoms with van der Waals surface area (Å²) in [5, 5.41) is 111. The van der Waals surface area contributed by atoms with E-state index in [2.05, 4.69) is 0 Å². The summed E-state index contributed by atoms with van der Waals surface area (Å²) in [5.41, 5.74) is 0. The second-order valence-electron chi connectivity index (χ2n) is 9.53. The number of nitrogens with zero attached hydrogens (tertiary/aromatic N) is 2. The molecular formula is C22H40N2Na2O19. The van der Waals surface area contributed by atoms with Gasteiger partial charge in [-0.1, -0.05) is 0 Å². The number of hydrogen-bond donors (Lipinski definition) is 12. The number of aliphatic hydroxyl groups excluding tert-OH is 8. The van der Waals surface area contributed by atoms with Crippen molar-refractivity contribution in [2.24, 2.45) is 0 Å². The normalized spacial score (nSPS) is 31.2. The fourth-order valence-corrected chi connectivity index (χ4v) is 3.97.